The first-order valence-corrected chi connectivity index (χ1v) is 5.87. The zero-order chi connectivity index (χ0) is 10.9. The largest absolute Gasteiger partial charge is 0.492 e. The summed E-state index contributed by atoms with van der Waals surface area (Å²) in [6.45, 7) is 7.49. The molecule has 1 aromatic rings. The van der Waals surface area contributed by atoms with E-state index in [2.05, 4.69) is 43.8 Å². The third-order valence-electron chi connectivity index (χ3n) is 3.15. The molecule has 1 aliphatic carbocycles. The Kier molecular flexibility index (Phi) is 2.76. The molecule has 0 atom stereocenters. The Bertz CT molecular complexity index is 318. The Labute approximate surface area is 92.2 Å². The molecule has 2 heteroatoms. The number of nitrogens with zero attached hydrogens (tertiary/aromatic N) is 1. The molecule has 0 unspecified atom stereocenters. The first-order valence-electron chi connectivity index (χ1n) is 5.87. The smallest absolute Gasteiger partial charge is 0.136 e. The van der Waals surface area contributed by atoms with Crippen LogP contribution in [0.25, 0.3) is 0 Å². The first-order chi connectivity index (χ1) is 7.05. The van der Waals surface area contributed by atoms with E-state index in [1.165, 1.54) is 19.3 Å². The van der Waals surface area contributed by atoms with Gasteiger partial charge in [-0.15, -0.1) is 0 Å². The van der Waals surface area contributed by atoms with Crippen LogP contribution in [-0.2, 0) is 5.54 Å². The van der Waals surface area contributed by atoms with Gasteiger partial charge in [0.1, 0.15) is 5.75 Å². The molecule has 1 aromatic heterocycles. The van der Waals surface area contributed by atoms with E-state index in [0.717, 1.165) is 18.3 Å². The summed E-state index contributed by atoms with van der Waals surface area (Å²) >= 11 is 0. The minimum Gasteiger partial charge on any atom is -0.492 e. The normalized spacial score (nSPS) is 17.5. The average Bonchev–Trinajstić information content (AvgIpc) is 2.48. The van der Waals surface area contributed by atoms with Gasteiger partial charge in [-0.2, -0.15) is 0 Å². The van der Waals surface area contributed by atoms with Crippen LogP contribution in [0.1, 0.15) is 40.0 Å². The second-order valence-corrected chi connectivity index (χ2v) is 5.53. The van der Waals surface area contributed by atoms with Crippen molar-refractivity contribution in [3.05, 3.63) is 18.5 Å². The van der Waals surface area contributed by atoms with Crippen molar-refractivity contribution < 1.29 is 4.74 Å². The summed E-state index contributed by atoms with van der Waals surface area (Å²) in [6, 6.07) is 2.06. The number of hydrogen-bond donors (Lipinski definition) is 0. The molecule has 0 radical (unpaired) electrons. The van der Waals surface area contributed by atoms with Gasteiger partial charge < -0.3 is 9.30 Å². The first kappa shape index (κ1) is 10.6. The molecule has 0 N–H and O–H groups in total. The van der Waals surface area contributed by atoms with Crippen LogP contribution in [-0.4, -0.2) is 11.2 Å². The van der Waals surface area contributed by atoms with E-state index in [9.17, 15) is 0 Å². The van der Waals surface area contributed by atoms with E-state index in [4.69, 9.17) is 4.74 Å². The van der Waals surface area contributed by atoms with Crippen molar-refractivity contribution in [1.82, 2.24) is 4.57 Å². The lowest BCUT2D eigenvalue weighted by molar-refractivity contribution is 0.180. The van der Waals surface area contributed by atoms with Crippen molar-refractivity contribution in [2.24, 2.45) is 5.92 Å². The topological polar surface area (TPSA) is 14.2 Å². The average molecular weight is 207 g/mol. The van der Waals surface area contributed by atoms with Crippen LogP contribution in [0.4, 0.5) is 0 Å². The van der Waals surface area contributed by atoms with Crippen LogP contribution in [0.5, 0.6) is 5.75 Å². The van der Waals surface area contributed by atoms with Gasteiger partial charge in [-0.05, 0) is 45.6 Å². The maximum atomic E-state index is 5.76. The van der Waals surface area contributed by atoms with Crippen molar-refractivity contribution >= 4 is 0 Å². The highest BCUT2D eigenvalue weighted by atomic mass is 16.5. The lowest BCUT2D eigenvalue weighted by Gasteiger charge is -2.25. The molecule has 2 rings (SSSR count). The molecule has 0 amide bonds. The predicted molar refractivity (Wildman–Crippen MR) is 62.3 cm³/mol. The molecular weight excluding hydrogens is 186 g/mol. The summed E-state index contributed by atoms with van der Waals surface area (Å²) < 4.78 is 7.96. The van der Waals surface area contributed by atoms with Crippen LogP contribution >= 0.6 is 0 Å². The van der Waals surface area contributed by atoms with Crippen molar-refractivity contribution in [2.75, 3.05) is 6.61 Å². The minimum absolute atomic E-state index is 0.151. The lowest BCUT2D eigenvalue weighted by atomic mass is 9.86. The Balaban J connectivity index is 1.89. The van der Waals surface area contributed by atoms with Crippen molar-refractivity contribution in [1.29, 1.82) is 0 Å². The van der Waals surface area contributed by atoms with E-state index < -0.39 is 0 Å². The summed E-state index contributed by atoms with van der Waals surface area (Å²) in [5.74, 6) is 1.82. The van der Waals surface area contributed by atoms with Gasteiger partial charge in [-0.3, -0.25) is 0 Å². The number of ether oxygens (including phenoxy) is 1. The van der Waals surface area contributed by atoms with E-state index in [1.807, 2.05) is 0 Å². The van der Waals surface area contributed by atoms with E-state index >= 15 is 0 Å². The summed E-state index contributed by atoms with van der Waals surface area (Å²) in [5.41, 5.74) is 0.151. The third-order valence-corrected chi connectivity index (χ3v) is 3.15. The van der Waals surface area contributed by atoms with Crippen molar-refractivity contribution in [2.45, 2.75) is 45.6 Å². The minimum atomic E-state index is 0.151. The highest BCUT2D eigenvalue weighted by Crippen LogP contribution is 2.27. The molecule has 2 nitrogen and oxygen atoms in total. The third kappa shape index (κ3) is 2.55. The van der Waals surface area contributed by atoms with Gasteiger partial charge in [0.25, 0.3) is 0 Å². The molecule has 1 saturated carbocycles. The molecule has 0 aromatic carbocycles. The monoisotopic (exact) mass is 207 g/mol. The van der Waals surface area contributed by atoms with Gasteiger partial charge in [0.2, 0.25) is 0 Å². The molecule has 15 heavy (non-hydrogen) atoms. The fourth-order valence-corrected chi connectivity index (χ4v) is 1.75. The van der Waals surface area contributed by atoms with Gasteiger partial charge in [0.15, 0.2) is 0 Å². The van der Waals surface area contributed by atoms with Gasteiger partial charge in [-0.25, -0.2) is 0 Å². The molecule has 1 fully saturated rings. The molecule has 0 spiro atoms. The van der Waals surface area contributed by atoms with Crippen LogP contribution in [0, 0.1) is 5.92 Å². The predicted octanol–water partition coefficient (Wildman–Crippen LogP) is 3.42. The molecule has 84 valence electrons. The van der Waals surface area contributed by atoms with Gasteiger partial charge in [0, 0.05) is 17.9 Å². The highest BCUT2D eigenvalue weighted by Gasteiger charge is 2.18. The summed E-state index contributed by atoms with van der Waals surface area (Å²) in [6.07, 6.45) is 8.27. The molecule has 1 aliphatic rings. The molecule has 0 saturated heterocycles. The van der Waals surface area contributed by atoms with Gasteiger partial charge >= 0.3 is 0 Å². The molecular formula is C13H21NO. The Hall–Kier alpha value is -0.920. The molecule has 0 bridgehead atoms. The Morgan fingerprint density at radius 2 is 2.13 bits per heavy atom. The van der Waals surface area contributed by atoms with Gasteiger partial charge in [0.05, 0.1) is 6.61 Å². The second-order valence-electron chi connectivity index (χ2n) is 5.53. The zero-order valence-electron chi connectivity index (χ0n) is 9.99. The van der Waals surface area contributed by atoms with Gasteiger partial charge in [-0.1, -0.05) is 6.42 Å². The van der Waals surface area contributed by atoms with E-state index in [-0.39, 0.29) is 5.54 Å². The van der Waals surface area contributed by atoms with Crippen molar-refractivity contribution in [3.63, 3.8) is 0 Å². The lowest BCUT2D eigenvalue weighted by Crippen LogP contribution is -2.20. The highest BCUT2D eigenvalue weighted by molar-refractivity contribution is 5.18. The second kappa shape index (κ2) is 3.92. The quantitative estimate of drug-likeness (QED) is 0.740. The summed E-state index contributed by atoms with van der Waals surface area (Å²) in [5, 5.41) is 0. The Morgan fingerprint density at radius 1 is 1.40 bits per heavy atom. The standard InChI is InChI=1S/C13H21NO/c1-13(2,3)14-8-7-12(9-14)15-10-11-5-4-6-11/h7-9,11H,4-6,10H2,1-3H3. The number of hydrogen-bond acceptors (Lipinski definition) is 1. The van der Waals surface area contributed by atoms with Crippen LogP contribution < -0.4 is 4.74 Å². The van der Waals surface area contributed by atoms with Crippen LogP contribution in [0.2, 0.25) is 0 Å². The van der Waals surface area contributed by atoms with E-state index in [0.29, 0.717) is 0 Å². The SMILES string of the molecule is CC(C)(C)n1ccc(OCC2CCC2)c1. The van der Waals surface area contributed by atoms with Crippen molar-refractivity contribution in [3.8, 4) is 5.75 Å². The zero-order valence-corrected chi connectivity index (χ0v) is 9.99. The van der Waals surface area contributed by atoms with E-state index in [1.54, 1.807) is 0 Å². The maximum absolute atomic E-state index is 5.76. The molecule has 0 aliphatic heterocycles. The maximum Gasteiger partial charge on any atom is 0.136 e. The number of rotatable bonds is 3. The molecule has 1 heterocycles. The fourth-order valence-electron chi connectivity index (χ4n) is 1.75. The fraction of sp³-hybridized carbons (Fsp3) is 0.692. The summed E-state index contributed by atoms with van der Waals surface area (Å²) in [7, 11) is 0. The van der Waals surface area contributed by atoms with Crippen LogP contribution in [0.3, 0.4) is 0 Å². The van der Waals surface area contributed by atoms with Crippen LogP contribution in [0.15, 0.2) is 18.5 Å². The number of aromatic nitrogens is 1. The Morgan fingerprint density at radius 3 is 2.60 bits per heavy atom. The summed E-state index contributed by atoms with van der Waals surface area (Å²) in [4.78, 5) is 0.